The monoisotopic (exact) mass is 484 g/mol. The lowest BCUT2D eigenvalue weighted by Gasteiger charge is -2.17. The fourth-order valence-corrected chi connectivity index (χ4v) is 4.02. The minimum Gasteiger partial charge on any atom is -0.497 e. The molecule has 4 aromatic rings. The molecule has 2 amide bonds. The Balaban J connectivity index is 1.21. The van der Waals surface area contributed by atoms with Crippen LogP contribution in [0.3, 0.4) is 0 Å². The van der Waals surface area contributed by atoms with Crippen molar-refractivity contribution >= 4 is 23.2 Å². The highest BCUT2D eigenvalue weighted by molar-refractivity contribution is 6.03. The van der Waals surface area contributed by atoms with E-state index in [9.17, 15) is 9.59 Å². The highest BCUT2D eigenvalue weighted by atomic mass is 16.5. The summed E-state index contributed by atoms with van der Waals surface area (Å²) >= 11 is 0. The van der Waals surface area contributed by atoms with E-state index in [1.54, 1.807) is 54.6 Å². The number of amides is 2. The van der Waals surface area contributed by atoms with Crippen molar-refractivity contribution in [2.45, 2.75) is 13.3 Å². The third-order valence-electron chi connectivity index (χ3n) is 5.91. The lowest BCUT2D eigenvalue weighted by molar-refractivity contribution is -0.122. The maximum Gasteiger partial charge on any atom is 0.229 e. The van der Waals surface area contributed by atoms with Crippen LogP contribution in [-0.2, 0) is 9.59 Å². The van der Waals surface area contributed by atoms with Crippen molar-refractivity contribution in [3.05, 3.63) is 79.1 Å². The molecule has 0 aliphatic carbocycles. The molecule has 0 spiro atoms. The summed E-state index contributed by atoms with van der Waals surface area (Å²) in [7, 11) is 1.57. The molecule has 2 aromatic heterocycles. The number of imidazole rings is 1. The minimum atomic E-state index is -0.453. The summed E-state index contributed by atoms with van der Waals surface area (Å²) in [5.41, 5.74) is 1.32. The Morgan fingerprint density at radius 2 is 1.89 bits per heavy atom. The number of methoxy groups -OCH3 is 1. The largest absolute Gasteiger partial charge is 0.497 e. The molecule has 1 fully saturated rings. The van der Waals surface area contributed by atoms with Crippen LogP contribution in [0.25, 0.3) is 5.82 Å². The molecule has 1 aliphatic heterocycles. The highest BCUT2D eigenvalue weighted by Gasteiger charge is 2.35. The van der Waals surface area contributed by atoms with Crippen LogP contribution in [0.1, 0.15) is 12.2 Å². The van der Waals surface area contributed by atoms with E-state index in [1.807, 2.05) is 35.9 Å². The lowest BCUT2D eigenvalue weighted by atomic mass is 10.1. The van der Waals surface area contributed by atoms with Crippen LogP contribution in [0.2, 0.25) is 0 Å². The van der Waals surface area contributed by atoms with Crippen molar-refractivity contribution in [3.63, 3.8) is 0 Å². The lowest BCUT2D eigenvalue weighted by Crippen LogP contribution is -2.28. The molecule has 1 saturated heterocycles. The first-order valence-electron chi connectivity index (χ1n) is 11.4. The molecular formula is C26H24N6O4. The van der Waals surface area contributed by atoms with Crippen LogP contribution in [0.5, 0.6) is 17.4 Å². The number of aromatic nitrogens is 4. The molecule has 0 radical (unpaired) electrons. The van der Waals surface area contributed by atoms with Gasteiger partial charge in [-0.25, -0.2) is 15.0 Å². The van der Waals surface area contributed by atoms with E-state index in [4.69, 9.17) is 9.47 Å². The van der Waals surface area contributed by atoms with Gasteiger partial charge in [0.25, 0.3) is 0 Å². The Morgan fingerprint density at radius 3 is 2.64 bits per heavy atom. The normalized spacial score (nSPS) is 15.1. The predicted octanol–water partition coefficient (Wildman–Crippen LogP) is 3.76. The Labute approximate surface area is 207 Å². The molecule has 0 saturated carbocycles. The number of aryl methyl sites for hydroxylation is 1. The Kier molecular flexibility index (Phi) is 6.31. The van der Waals surface area contributed by atoms with Gasteiger partial charge in [0, 0.05) is 48.9 Å². The zero-order valence-electron chi connectivity index (χ0n) is 19.8. The highest BCUT2D eigenvalue weighted by Crippen LogP contribution is 2.29. The first kappa shape index (κ1) is 23.0. The molecule has 0 bridgehead atoms. The van der Waals surface area contributed by atoms with E-state index in [-0.39, 0.29) is 18.2 Å². The second-order valence-electron chi connectivity index (χ2n) is 8.28. The van der Waals surface area contributed by atoms with E-state index < -0.39 is 5.92 Å². The number of nitrogens with zero attached hydrogens (tertiary/aromatic N) is 5. The Bertz CT molecular complexity index is 1400. The summed E-state index contributed by atoms with van der Waals surface area (Å²) in [5, 5.41) is 2.89. The van der Waals surface area contributed by atoms with Gasteiger partial charge in [-0.3, -0.25) is 14.2 Å². The number of benzene rings is 2. The summed E-state index contributed by atoms with van der Waals surface area (Å²) < 4.78 is 12.9. The van der Waals surface area contributed by atoms with Gasteiger partial charge in [-0.2, -0.15) is 0 Å². The van der Waals surface area contributed by atoms with Crippen LogP contribution >= 0.6 is 0 Å². The third kappa shape index (κ3) is 4.88. The van der Waals surface area contributed by atoms with E-state index in [1.165, 1.54) is 6.33 Å². The molecular weight excluding hydrogens is 460 g/mol. The standard InChI is InChI=1S/C26H24N6O4/c1-17-27-10-11-31(17)23-14-24(29-16-28-23)36-21-8-6-19(7-9-21)30-26(34)18-12-25(33)32(15-18)20-4-3-5-22(13-20)35-2/h3-11,13-14,16,18H,12,15H2,1-2H3,(H,30,34). The van der Waals surface area contributed by atoms with Crippen molar-refractivity contribution in [2.75, 3.05) is 23.9 Å². The Morgan fingerprint density at radius 1 is 1.06 bits per heavy atom. The van der Waals surface area contributed by atoms with E-state index >= 15 is 0 Å². The number of nitrogens with one attached hydrogen (secondary N) is 1. The van der Waals surface area contributed by atoms with Gasteiger partial charge in [-0.05, 0) is 43.3 Å². The van der Waals surface area contributed by atoms with Gasteiger partial charge in [0.1, 0.15) is 29.5 Å². The zero-order valence-corrected chi connectivity index (χ0v) is 19.8. The molecule has 1 unspecified atom stereocenters. The summed E-state index contributed by atoms with van der Waals surface area (Å²) in [5.74, 6) is 2.28. The van der Waals surface area contributed by atoms with Crippen molar-refractivity contribution in [1.82, 2.24) is 19.5 Å². The van der Waals surface area contributed by atoms with Gasteiger partial charge in [-0.15, -0.1) is 0 Å². The molecule has 10 heteroatoms. The average molecular weight is 485 g/mol. The maximum atomic E-state index is 12.8. The van der Waals surface area contributed by atoms with Crippen molar-refractivity contribution in [3.8, 4) is 23.2 Å². The number of carbonyl (C=O) groups is 2. The smallest absolute Gasteiger partial charge is 0.229 e. The van der Waals surface area contributed by atoms with Gasteiger partial charge in [0.15, 0.2) is 0 Å². The molecule has 1 atom stereocenters. The average Bonchev–Trinajstić information content (AvgIpc) is 3.51. The fourth-order valence-electron chi connectivity index (χ4n) is 4.02. The topological polar surface area (TPSA) is 111 Å². The van der Waals surface area contributed by atoms with Crippen LogP contribution in [-0.4, -0.2) is 45.0 Å². The van der Waals surface area contributed by atoms with Crippen molar-refractivity contribution in [1.29, 1.82) is 0 Å². The minimum absolute atomic E-state index is 0.0951. The van der Waals surface area contributed by atoms with Gasteiger partial charge in [0.05, 0.1) is 13.0 Å². The number of hydrogen-bond acceptors (Lipinski definition) is 7. The second-order valence-corrected chi connectivity index (χ2v) is 8.28. The summed E-state index contributed by atoms with van der Waals surface area (Å²) in [6.45, 7) is 2.19. The zero-order chi connectivity index (χ0) is 25.1. The quantitative estimate of drug-likeness (QED) is 0.425. The Hall–Kier alpha value is -4.73. The first-order valence-corrected chi connectivity index (χ1v) is 11.4. The number of rotatable bonds is 7. The number of anilines is 2. The summed E-state index contributed by atoms with van der Waals surface area (Å²) in [4.78, 5) is 39.6. The maximum absolute atomic E-state index is 12.8. The third-order valence-corrected chi connectivity index (χ3v) is 5.91. The van der Waals surface area contributed by atoms with Crippen LogP contribution in [0, 0.1) is 12.8 Å². The molecule has 2 aromatic carbocycles. The molecule has 10 nitrogen and oxygen atoms in total. The molecule has 5 rings (SSSR count). The molecule has 1 N–H and O–H groups in total. The second kappa shape index (κ2) is 9.87. The molecule has 3 heterocycles. The van der Waals surface area contributed by atoms with Gasteiger partial charge in [0.2, 0.25) is 17.7 Å². The van der Waals surface area contributed by atoms with Crippen LogP contribution in [0.4, 0.5) is 11.4 Å². The van der Waals surface area contributed by atoms with Crippen molar-refractivity contribution < 1.29 is 19.1 Å². The van der Waals surface area contributed by atoms with Gasteiger partial charge in [-0.1, -0.05) is 6.07 Å². The SMILES string of the molecule is COc1cccc(N2CC(C(=O)Nc3ccc(Oc4cc(-n5ccnc5C)ncn4)cc3)CC2=O)c1. The van der Waals surface area contributed by atoms with Gasteiger partial charge < -0.3 is 19.7 Å². The first-order chi connectivity index (χ1) is 17.5. The predicted molar refractivity (Wildman–Crippen MR) is 132 cm³/mol. The number of hydrogen-bond donors (Lipinski definition) is 1. The van der Waals surface area contributed by atoms with Gasteiger partial charge >= 0.3 is 0 Å². The number of ether oxygens (including phenoxy) is 2. The van der Waals surface area contributed by atoms with E-state index in [0.29, 0.717) is 41.1 Å². The summed E-state index contributed by atoms with van der Waals surface area (Å²) in [6.07, 6.45) is 5.09. The van der Waals surface area contributed by atoms with E-state index in [0.717, 1.165) is 5.82 Å². The number of carbonyl (C=O) groups excluding carboxylic acids is 2. The summed E-state index contributed by atoms with van der Waals surface area (Å²) in [6, 6.07) is 15.9. The molecule has 36 heavy (non-hydrogen) atoms. The fraction of sp³-hybridized carbons (Fsp3) is 0.192. The van der Waals surface area contributed by atoms with Crippen molar-refractivity contribution in [2.24, 2.45) is 5.92 Å². The van der Waals surface area contributed by atoms with E-state index in [2.05, 4.69) is 20.3 Å². The molecule has 182 valence electrons. The van der Waals surface area contributed by atoms with Crippen LogP contribution in [0.15, 0.2) is 73.3 Å². The van der Waals surface area contributed by atoms with Crippen LogP contribution < -0.4 is 19.7 Å². The molecule has 1 aliphatic rings.